The molecular weight excluding hydrogens is 187 g/mol. The molecule has 0 spiro atoms. The third kappa shape index (κ3) is 1.41. The monoisotopic (exact) mass is 194 g/mol. The van der Waals surface area contributed by atoms with Crippen molar-refractivity contribution in [1.29, 1.82) is 0 Å². The molecule has 0 radical (unpaired) electrons. The summed E-state index contributed by atoms with van der Waals surface area (Å²) in [5.74, 6) is 0.208. The molecule has 3 N–H and O–H groups in total. The van der Waals surface area contributed by atoms with Crippen molar-refractivity contribution in [2.45, 2.75) is 0 Å². The van der Waals surface area contributed by atoms with Gasteiger partial charge in [-0.05, 0) is 12.1 Å². The van der Waals surface area contributed by atoms with Crippen molar-refractivity contribution in [2.24, 2.45) is 5.73 Å². The number of fused-ring (bicyclic) bond motifs is 1. The summed E-state index contributed by atoms with van der Waals surface area (Å²) in [6.45, 7) is 0. The Bertz CT molecular complexity index is 389. The van der Waals surface area contributed by atoms with Gasteiger partial charge in [0.2, 0.25) is 0 Å². The van der Waals surface area contributed by atoms with Crippen LogP contribution in [-0.2, 0) is 4.79 Å². The lowest BCUT2D eigenvalue weighted by Gasteiger charge is -2.14. The molecule has 0 aliphatic carbocycles. The average Bonchev–Trinajstić information content (AvgIpc) is 2.17. The Morgan fingerprint density at radius 2 is 2.23 bits per heavy atom. The van der Waals surface area contributed by atoms with Gasteiger partial charge in [0.1, 0.15) is 0 Å². The fourth-order valence-corrected chi connectivity index (χ4v) is 1.77. The Balaban J connectivity index is 2.53. The zero-order valence-corrected chi connectivity index (χ0v) is 7.54. The molecule has 1 heterocycles. The summed E-state index contributed by atoms with van der Waals surface area (Å²) in [6.07, 6.45) is 0. The van der Waals surface area contributed by atoms with Crippen molar-refractivity contribution in [3.63, 3.8) is 0 Å². The molecule has 0 aromatic heterocycles. The molecule has 5 heteroatoms. The molecule has 0 saturated carbocycles. The summed E-state index contributed by atoms with van der Waals surface area (Å²) in [5, 5.41) is 3.14. The van der Waals surface area contributed by atoms with Crippen LogP contribution >= 0.6 is 8.35 Å². The van der Waals surface area contributed by atoms with Gasteiger partial charge in [-0.15, -0.1) is 5.25 Å². The molecule has 13 heavy (non-hydrogen) atoms. The van der Waals surface area contributed by atoms with Crippen molar-refractivity contribution in [1.82, 2.24) is 5.25 Å². The van der Waals surface area contributed by atoms with Crippen LogP contribution in [0.5, 0.6) is 5.75 Å². The maximum absolute atomic E-state index is 11.0. The van der Waals surface area contributed by atoms with E-state index in [2.05, 4.69) is 5.25 Å². The Labute approximate surface area is 76.5 Å². The Morgan fingerprint density at radius 3 is 3.00 bits per heavy atom. The van der Waals surface area contributed by atoms with Crippen molar-refractivity contribution in [2.75, 3.05) is 0 Å². The second-order valence-electron chi connectivity index (χ2n) is 2.51. The van der Waals surface area contributed by atoms with Crippen molar-refractivity contribution in [3.8, 4) is 5.75 Å². The zero-order chi connectivity index (χ0) is 9.26. The van der Waals surface area contributed by atoms with Gasteiger partial charge in [0, 0.05) is 13.9 Å². The van der Waals surface area contributed by atoms with Crippen LogP contribution in [-0.4, -0.2) is 11.2 Å². The van der Waals surface area contributed by atoms with Gasteiger partial charge in [-0.25, -0.2) is 0 Å². The van der Waals surface area contributed by atoms with E-state index in [0.717, 1.165) is 5.56 Å². The second kappa shape index (κ2) is 3.17. The van der Waals surface area contributed by atoms with Crippen LogP contribution in [0.25, 0.3) is 0 Å². The maximum Gasteiger partial charge on any atom is 0.255 e. The van der Waals surface area contributed by atoms with Gasteiger partial charge in [-0.3, -0.25) is 4.79 Å². The number of rotatable bonds is 1. The van der Waals surface area contributed by atoms with Crippen LogP contribution in [0.3, 0.4) is 0 Å². The first-order valence-corrected chi connectivity index (χ1v) is 4.57. The Hall–Kier alpha value is -1.38. The first-order valence-electron chi connectivity index (χ1n) is 3.68. The van der Waals surface area contributed by atoms with Crippen LogP contribution in [0.2, 0.25) is 0 Å². The third-order valence-corrected chi connectivity index (χ3v) is 2.56. The molecule has 1 aliphatic rings. The summed E-state index contributed by atoms with van der Waals surface area (Å²) in [6, 6.07) is 7.26. The number of carbonyl (C=O) groups is 1. The van der Waals surface area contributed by atoms with Crippen LogP contribution in [0.1, 0.15) is 5.56 Å². The van der Waals surface area contributed by atoms with Gasteiger partial charge in [-0.1, -0.05) is 12.1 Å². The quantitative estimate of drug-likeness (QED) is 0.638. The molecule has 66 valence electrons. The standard InChI is InChI=1S/C8H7N2O2P/c9-8(11)7-5-3-1-2-4-6(5)12-10-13-7/h1-4,10H,(H2,9,11). The van der Waals surface area contributed by atoms with E-state index in [-0.39, 0.29) is 0 Å². The number of hydrogen-bond acceptors (Lipinski definition) is 3. The molecule has 0 bridgehead atoms. The number of hydrogen-bond donors (Lipinski definition) is 2. The lowest BCUT2D eigenvalue weighted by Crippen LogP contribution is -2.28. The molecule has 0 unspecified atom stereocenters. The normalized spacial score (nSPS) is 15.2. The highest BCUT2D eigenvalue weighted by Crippen LogP contribution is 2.24. The summed E-state index contributed by atoms with van der Waals surface area (Å²) in [5.41, 5.74) is 5.96. The first-order chi connectivity index (χ1) is 6.29. The van der Waals surface area contributed by atoms with Crippen molar-refractivity contribution < 1.29 is 9.63 Å². The smallest absolute Gasteiger partial charge is 0.255 e. The molecule has 1 aromatic carbocycles. The fourth-order valence-electron chi connectivity index (χ4n) is 1.12. The van der Waals surface area contributed by atoms with E-state index in [0.29, 0.717) is 19.4 Å². The van der Waals surface area contributed by atoms with Gasteiger partial charge in [0.05, 0.1) is 5.29 Å². The Kier molecular flexibility index (Phi) is 2.00. The zero-order valence-electron chi connectivity index (χ0n) is 6.65. The number of nitrogens with two attached hydrogens (primary N) is 1. The number of amides is 1. The molecule has 4 nitrogen and oxygen atoms in total. The number of nitrogens with one attached hydrogen (secondary N) is 1. The minimum atomic E-state index is -0.426. The van der Waals surface area contributed by atoms with E-state index >= 15 is 0 Å². The predicted molar refractivity (Wildman–Crippen MR) is 50.4 cm³/mol. The van der Waals surface area contributed by atoms with Crippen LogP contribution in [0.15, 0.2) is 24.3 Å². The van der Waals surface area contributed by atoms with Crippen molar-refractivity contribution in [3.05, 3.63) is 29.8 Å². The minimum absolute atomic E-state index is 0.426. The summed E-state index contributed by atoms with van der Waals surface area (Å²) < 4.78 is 0. The van der Waals surface area contributed by atoms with Crippen LogP contribution in [0.4, 0.5) is 0 Å². The van der Waals surface area contributed by atoms with Crippen LogP contribution in [0, 0.1) is 0 Å². The number of benzene rings is 1. The van der Waals surface area contributed by atoms with E-state index in [1.54, 1.807) is 6.07 Å². The van der Waals surface area contributed by atoms with Gasteiger partial charge in [0.15, 0.2) is 5.75 Å². The molecule has 1 aromatic rings. The van der Waals surface area contributed by atoms with E-state index in [1.165, 1.54) is 0 Å². The molecule has 0 fully saturated rings. The molecule has 1 aliphatic heterocycles. The fraction of sp³-hybridized carbons (Fsp3) is 0. The lowest BCUT2D eigenvalue weighted by molar-refractivity contribution is -0.111. The summed E-state index contributed by atoms with van der Waals surface area (Å²) in [7, 11) is 0.597. The number of para-hydroxylation sites is 1. The second-order valence-corrected chi connectivity index (χ2v) is 3.37. The highest BCUT2D eigenvalue weighted by Gasteiger charge is 2.17. The van der Waals surface area contributed by atoms with Gasteiger partial charge in [-0.2, -0.15) is 0 Å². The molecule has 1 amide bonds. The highest BCUT2D eigenvalue weighted by molar-refractivity contribution is 7.42. The third-order valence-electron chi connectivity index (χ3n) is 1.69. The van der Waals surface area contributed by atoms with Gasteiger partial charge in [0.25, 0.3) is 5.91 Å². The van der Waals surface area contributed by atoms with E-state index in [9.17, 15) is 4.79 Å². The van der Waals surface area contributed by atoms with Gasteiger partial charge < -0.3 is 10.6 Å². The SMILES string of the molecule is NC(=O)C1=PNOc2ccccc21. The number of primary amides is 1. The molecular formula is C8H7N2O2P. The maximum atomic E-state index is 11.0. The first kappa shape index (κ1) is 8.23. The van der Waals surface area contributed by atoms with E-state index in [4.69, 9.17) is 10.6 Å². The molecule has 2 rings (SSSR count). The predicted octanol–water partition coefficient (Wildman–Crippen LogP) is 0.451. The Morgan fingerprint density at radius 1 is 1.46 bits per heavy atom. The van der Waals surface area contributed by atoms with Crippen LogP contribution < -0.4 is 15.8 Å². The highest BCUT2D eigenvalue weighted by atomic mass is 31.1. The molecule has 0 saturated heterocycles. The van der Waals surface area contributed by atoms with E-state index in [1.807, 2.05) is 18.2 Å². The minimum Gasteiger partial charge on any atom is -0.400 e. The lowest BCUT2D eigenvalue weighted by atomic mass is 10.1. The van der Waals surface area contributed by atoms with E-state index < -0.39 is 5.91 Å². The largest absolute Gasteiger partial charge is 0.400 e. The van der Waals surface area contributed by atoms with Gasteiger partial charge >= 0.3 is 0 Å². The summed E-state index contributed by atoms with van der Waals surface area (Å²) >= 11 is 0. The van der Waals surface area contributed by atoms with Crippen molar-refractivity contribution >= 4 is 19.6 Å². The topological polar surface area (TPSA) is 64.4 Å². The average molecular weight is 194 g/mol. The number of carbonyl (C=O) groups excluding carboxylic acids is 1. The molecule has 0 atom stereocenters. The summed E-state index contributed by atoms with van der Waals surface area (Å²) in [4.78, 5) is 16.1.